The molecule has 1 unspecified atom stereocenters. The Morgan fingerprint density at radius 2 is 1.73 bits per heavy atom. The third kappa shape index (κ3) is 3.74. The van der Waals surface area contributed by atoms with E-state index >= 15 is 0 Å². The molecule has 0 aliphatic carbocycles. The Balaban J connectivity index is 1.68. The molecule has 0 saturated carbocycles. The minimum Gasteiger partial charge on any atom is -0.340 e. The van der Waals surface area contributed by atoms with Gasteiger partial charge < -0.3 is 10.2 Å². The number of hydrogen-bond donors (Lipinski definition) is 1. The molecule has 1 aliphatic heterocycles. The summed E-state index contributed by atoms with van der Waals surface area (Å²) in [5, 5.41) is 3.55. The maximum atomic E-state index is 12.6. The molecule has 114 valence electrons. The number of nitrogens with one attached hydrogen (secondary N) is 1. The van der Waals surface area contributed by atoms with Gasteiger partial charge >= 0.3 is 0 Å². The van der Waals surface area contributed by atoms with Crippen LogP contribution < -0.4 is 5.32 Å². The maximum absolute atomic E-state index is 12.6. The molecule has 1 heterocycles. The van der Waals surface area contributed by atoms with E-state index in [0.29, 0.717) is 6.42 Å². The van der Waals surface area contributed by atoms with Crippen molar-refractivity contribution in [1.29, 1.82) is 0 Å². The molecule has 0 aromatic heterocycles. The van der Waals surface area contributed by atoms with E-state index in [9.17, 15) is 4.79 Å². The number of carbonyl (C=O) groups excluding carboxylic acids is 1. The van der Waals surface area contributed by atoms with Gasteiger partial charge in [0.1, 0.15) is 0 Å². The van der Waals surface area contributed by atoms with Crippen molar-refractivity contribution < 1.29 is 4.79 Å². The molecule has 1 fully saturated rings. The van der Waals surface area contributed by atoms with Gasteiger partial charge in [0.15, 0.2) is 0 Å². The normalized spacial score (nSPS) is 18.7. The third-order valence-corrected chi connectivity index (χ3v) is 4.15. The van der Waals surface area contributed by atoms with Gasteiger partial charge in [-0.25, -0.2) is 0 Å². The van der Waals surface area contributed by atoms with Gasteiger partial charge in [-0.05, 0) is 24.1 Å². The summed E-state index contributed by atoms with van der Waals surface area (Å²) < 4.78 is 0. The molecule has 3 nitrogen and oxygen atoms in total. The molecule has 1 amide bonds. The van der Waals surface area contributed by atoms with E-state index in [-0.39, 0.29) is 11.9 Å². The first-order chi connectivity index (χ1) is 10.8. The summed E-state index contributed by atoms with van der Waals surface area (Å²) in [7, 11) is 0. The zero-order valence-electron chi connectivity index (χ0n) is 12.7. The van der Waals surface area contributed by atoms with Crippen LogP contribution in [0, 0.1) is 0 Å². The number of nitrogens with zero attached hydrogens (tertiary/aromatic N) is 1. The van der Waals surface area contributed by atoms with Crippen molar-refractivity contribution in [3.8, 4) is 0 Å². The Labute approximate surface area is 132 Å². The fourth-order valence-corrected chi connectivity index (χ4v) is 2.94. The third-order valence-electron chi connectivity index (χ3n) is 4.15. The second kappa shape index (κ2) is 7.23. The second-order valence-corrected chi connectivity index (χ2v) is 5.77. The molecule has 3 heteroatoms. The number of hydrogen-bond acceptors (Lipinski definition) is 2. The van der Waals surface area contributed by atoms with Gasteiger partial charge in [0.25, 0.3) is 0 Å². The molecule has 1 atom stereocenters. The lowest BCUT2D eigenvalue weighted by Gasteiger charge is -2.25. The Morgan fingerprint density at radius 1 is 1.05 bits per heavy atom. The van der Waals surface area contributed by atoms with Gasteiger partial charge in [0.05, 0.1) is 6.42 Å². The first-order valence-electron chi connectivity index (χ1n) is 7.93. The molecule has 2 aromatic rings. The van der Waals surface area contributed by atoms with Crippen molar-refractivity contribution in [2.75, 3.05) is 19.6 Å². The van der Waals surface area contributed by atoms with Crippen LogP contribution in [0.25, 0.3) is 0 Å². The molecule has 3 rings (SSSR count). The van der Waals surface area contributed by atoms with E-state index < -0.39 is 0 Å². The monoisotopic (exact) mass is 294 g/mol. The van der Waals surface area contributed by atoms with Gasteiger partial charge in [0, 0.05) is 19.1 Å². The van der Waals surface area contributed by atoms with Crippen LogP contribution in [0.4, 0.5) is 0 Å². The van der Waals surface area contributed by atoms with Crippen molar-refractivity contribution in [3.63, 3.8) is 0 Å². The molecule has 22 heavy (non-hydrogen) atoms. The van der Waals surface area contributed by atoms with Gasteiger partial charge in [-0.2, -0.15) is 0 Å². The van der Waals surface area contributed by atoms with Crippen LogP contribution in [0.2, 0.25) is 0 Å². The van der Waals surface area contributed by atoms with Crippen molar-refractivity contribution >= 4 is 5.91 Å². The average Bonchev–Trinajstić information content (AvgIpc) is 2.83. The smallest absolute Gasteiger partial charge is 0.227 e. The predicted molar refractivity (Wildman–Crippen MR) is 88.5 cm³/mol. The van der Waals surface area contributed by atoms with Crippen molar-refractivity contribution in [2.24, 2.45) is 0 Å². The van der Waals surface area contributed by atoms with Gasteiger partial charge in [-0.15, -0.1) is 0 Å². The second-order valence-electron chi connectivity index (χ2n) is 5.77. The highest BCUT2D eigenvalue weighted by Gasteiger charge is 2.22. The van der Waals surface area contributed by atoms with Crippen molar-refractivity contribution in [3.05, 3.63) is 71.8 Å². The predicted octanol–water partition coefficient (Wildman–Crippen LogP) is 2.79. The van der Waals surface area contributed by atoms with Crippen LogP contribution in [0.1, 0.15) is 23.6 Å². The van der Waals surface area contributed by atoms with Crippen LogP contribution in [0.5, 0.6) is 0 Å². The maximum Gasteiger partial charge on any atom is 0.227 e. The average molecular weight is 294 g/mol. The summed E-state index contributed by atoms with van der Waals surface area (Å²) >= 11 is 0. The summed E-state index contributed by atoms with van der Waals surface area (Å²) in [5.74, 6) is 0.218. The lowest BCUT2D eigenvalue weighted by Crippen LogP contribution is -2.37. The van der Waals surface area contributed by atoms with Gasteiger partial charge in [-0.3, -0.25) is 4.79 Å². The number of amides is 1. The van der Waals surface area contributed by atoms with E-state index in [4.69, 9.17) is 0 Å². The highest BCUT2D eigenvalue weighted by atomic mass is 16.2. The molecular weight excluding hydrogens is 272 g/mol. The standard InChI is InChI=1S/C19H22N2O/c22-19(14-16-8-3-1-4-9-16)21-13-7-12-20-18(15-21)17-10-5-2-6-11-17/h1-6,8-11,18,20H,7,12-15H2. The first kappa shape index (κ1) is 14.8. The zero-order chi connectivity index (χ0) is 15.2. The first-order valence-corrected chi connectivity index (χ1v) is 7.93. The van der Waals surface area contributed by atoms with E-state index in [2.05, 4.69) is 29.6 Å². The summed E-state index contributed by atoms with van der Waals surface area (Å²) in [4.78, 5) is 14.6. The van der Waals surface area contributed by atoms with Gasteiger partial charge in [0.2, 0.25) is 5.91 Å². The Bertz CT molecular complexity index is 597. The van der Waals surface area contributed by atoms with Crippen LogP contribution in [-0.4, -0.2) is 30.4 Å². The molecule has 0 radical (unpaired) electrons. The van der Waals surface area contributed by atoms with E-state index in [1.807, 2.05) is 41.3 Å². The number of benzene rings is 2. The molecular formula is C19H22N2O. The fourth-order valence-electron chi connectivity index (χ4n) is 2.94. The summed E-state index contributed by atoms with van der Waals surface area (Å²) in [6, 6.07) is 20.6. The Morgan fingerprint density at radius 3 is 2.45 bits per heavy atom. The number of carbonyl (C=O) groups is 1. The minimum atomic E-state index is 0.218. The minimum absolute atomic E-state index is 0.218. The van der Waals surface area contributed by atoms with E-state index in [1.54, 1.807) is 0 Å². The highest BCUT2D eigenvalue weighted by molar-refractivity contribution is 5.78. The molecule has 1 N–H and O–H groups in total. The van der Waals surface area contributed by atoms with Crippen molar-refractivity contribution in [1.82, 2.24) is 10.2 Å². The lowest BCUT2D eigenvalue weighted by molar-refractivity contribution is -0.130. The fraction of sp³-hybridized carbons (Fsp3) is 0.316. The van der Waals surface area contributed by atoms with Crippen LogP contribution >= 0.6 is 0 Å². The summed E-state index contributed by atoms with van der Waals surface area (Å²) in [6.07, 6.45) is 1.49. The highest BCUT2D eigenvalue weighted by Crippen LogP contribution is 2.17. The van der Waals surface area contributed by atoms with E-state index in [0.717, 1.165) is 31.6 Å². The summed E-state index contributed by atoms with van der Waals surface area (Å²) in [5.41, 5.74) is 2.34. The molecule has 1 saturated heterocycles. The van der Waals surface area contributed by atoms with Crippen LogP contribution in [0.15, 0.2) is 60.7 Å². The van der Waals surface area contributed by atoms with Crippen molar-refractivity contribution in [2.45, 2.75) is 18.9 Å². The summed E-state index contributed by atoms with van der Waals surface area (Å²) in [6.45, 7) is 2.53. The molecule has 0 bridgehead atoms. The number of rotatable bonds is 3. The largest absolute Gasteiger partial charge is 0.340 e. The van der Waals surface area contributed by atoms with Crippen LogP contribution in [-0.2, 0) is 11.2 Å². The zero-order valence-corrected chi connectivity index (χ0v) is 12.7. The lowest BCUT2D eigenvalue weighted by atomic mass is 10.1. The van der Waals surface area contributed by atoms with Gasteiger partial charge in [-0.1, -0.05) is 60.7 Å². The Hall–Kier alpha value is -2.13. The SMILES string of the molecule is O=C(Cc1ccccc1)N1CCCNC(c2ccccc2)C1. The topological polar surface area (TPSA) is 32.3 Å². The quantitative estimate of drug-likeness (QED) is 0.944. The molecule has 1 aliphatic rings. The van der Waals surface area contributed by atoms with E-state index in [1.165, 1.54) is 5.56 Å². The Kier molecular flexibility index (Phi) is 4.86. The molecule has 2 aromatic carbocycles. The van der Waals surface area contributed by atoms with Crippen LogP contribution in [0.3, 0.4) is 0 Å². The molecule has 0 spiro atoms.